The van der Waals surface area contributed by atoms with Gasteiger partial charge in [-0.25, -0.2) is 0 Å². The molecule has 0 bridgehead atoms. The second-order valence-electron chi connectivity index (χ2n) is 4.16. The lowest BCUT2D eigenvalue weighted by atomic mass is 10.2. The van der Waals surface area contributed by atoms with Gasteiger partial charge in [-0.2, -0.15) is 0 Å². The van der Waals surface area contributed by atoms with E-state index in [-0.39, 0.29) is 0 Å². The summed E-state index contributed by atoms with van der Waals surface area (Å²) in [6.07, 6.45) is 4.84. The Morgan fingerprint density at radius 3 is 2.00 bits per heavy atom. The van der Waals surface area contributed by atoms with Crippen LogP contribution in [0.1, 0.15) is 32.6 Å². The maximum absolute atomic E-state index is 5.78. The molecule has 0 N–H and O–H groups in total. The number of benzene rings is 1. The van der Waals surface area contributed by atoms with Gasteiger partial charge in [0.25, 0.3) is 0 Å². The van der Waals surface area contributed by atoms with E-state index in [9.17, 15) is 0 Å². The number of alkyl halides is 1. The van der Waals surface area contributed by atoms with Gasteiger partial charge in [0, 0.05) is 5.33 Å². The van der Waals surface area contributed by atoms with Crippen molar-refractivity contribution in [3.63, 3.8) is 0 Å². The van der Waals surface area contributed by atoms with Gasteiger partial charge in [-0.1, -0.05) is 42.1 Å². The second-order valence-corrected chi connectivity index (χ2v) is 6.66. The molecule has 0 heterocycles. The van der Waals surface area contributed by atoms with Gasteiger partial charge in [-0.15, -0.1) is 0 Å². The Morgan fingerprint density at radius 1 is 0.895 bits per heavy atom. The number of hydrogen-bond donors (Lipinski definition) is 0. The molecule has 0 radical (unpaired) electrons. The second kappa shape index (κ2) is 10.1. The van der Waals surface area contributed by atoms with Gasteiger partial charge < -0.3 is 9.47 Å². The van der Waals surface area contributed by atoms with Gasteiger partial charge in [-0.3, -0.25) is 0 Å². The van der Waals surface area contributed by atoms with Crippen LogP contribution >= 0.6 is 47.8 Å². The van der Waals surface area contributed by atoms with Crippen molar-refractivity contribution in [3.8, 4) is 11.5 Å². The van der Waals surface area contributed by atoms with Crippen molar-refractivity contribution in [3.05, 3.63) is 21.1 Å². The molecule has 1 aromatic carbocycles. The van der Waals surface area contributed by atoms with Gasteiger partial charge in [-0.05, 0) is 50.4 Å². The largest absolute Gasteiger partial charge is 0.492 e. The van der Waals surface area contributed by atoms with E-state index in [1.165, 1.54) is 19.3 Å². The molecule has 0 unspecified atom stereocenters. The average molecular weight is 459 g/mol. The molecule has 2 nitrogen and oxygen atoms in total. The van der Waals surface area contributed by atoms with Crippen LogP contribution in [0.5, 0.6) is 11.5 Å². The lowest BCUT2D eigenvalue weighted by molar-refractivity contribution is 0.301. The maximum atomic E-state index is 5.78. The van der Waals surface area contributed by atoms with Crippen molar-refractivity contribution in [2.45, 2.75) is 32.6 Å². The summed E-state index contributed by atoms with van der Waals surface area (Å²) in [7, 11) is 0. The summed E-state index contributed by atoms with van der Waals surface area (Å²) >= 11 is 10.4. The highest BCUT2D eigenvalue weighted by Gasteiger charge is 2.08. The third-order valence-electron chi connectivity index (χ3n) is 2.58. The van der Waals surface area contributed by atoms with E-state index in [2.05, 4.69) is 54.7 Å². The van der Waals surface area contributed by atoms with E-state index in [4.69, 9.17) is 9.47 Å². The Labute approximate surface area is 140 Å². The fourth-order valence-corrected chi connectivity index (χ4v) is 2.63. The lowest BCUT2D eigenvalue weighted by Crippen LogP contribution is -2.01. The van der Waals surface area contributed by atoms with Gasteiger partial charge >= 0.3 is 0 Å². The topological polar surface area (TPSA) is 18.5 Å². The highest BCUT2D eigenvalue weighted by molar-refractivity contribution is 9.11. The smallest absolute Gasteiger partial charge is 0.134 e. The highest BCUT2D eigenvalue weighted by Crippen LogP contribution is 2.36. The van der Waals surface area contributed by atoms with Gasteiger partial charge in [0.05, 0.1) is 22.2 Å². The zero-order valence-corrected chi connectivity index (χ0v) is 15.8. The molecule has 0 spiro atoms. The van der Waals surface area contributed by atoms with Crippen molar-refractivity contribution >= 4 is 47.8 Å². The number of hydrogen-bond acceptors (Lipinski definition) is 2. The Kier molecular flexibility index (Phi) is 9.16. The minimum absolute atomic E-state index is 0.641. The van der Waals surface area contributed by atoms with E-state index in [1.54, 1.807) is 0 Å². The number of rotatable bonds is 9. The SMILES string of the molecule is CCCCCCOc1cc(Br)c(OCCBr)cc1Br. The fourth-order valence-electron chi connectivity index (χ4n) is 1.59. The van der Waals surface area contributed by atoms with Crippen molar-refractivity contribution in [1.29, 1.82) is 0 Å². The maximum Gasteiger partial charge on any atom is 0.134 e. The molecule has 0 saturated heterocycles. The fraction of sp³-hybridized carbons (Fsp3) is 0.571. The van der Waals surface area contributed by atoms with Crippen LogP contribution in [0.25, 0.3) is 0 Å². The van der Waals surface area contributed by atoms with Crippen LogP contribution in [0.3, 0.4) is 0 Å². The lowest BCUT2D eigenvalue weighted by Gasteiger charge is -2.12. The average Bonchev–Trinajstić information content (AvgIpc) is 2.40. The number of ether oxygens (including phenoxy) is 2. The summed E-state index contributed by atoms with van der Waals surface area (Å²) in [5.41, 5.74) is 0. The van der Waals surface area contributed by atoms with Crippen LogP contribution in [0.15, 0.2) is 21.1 Å². The monoisotopic (exact) mass is 456 g/mol. The molecular formula is C14H19Br3O2. The van der Waals surface area contributed by atoms with Crippen molar-refractivity contribution in [2.24, 2.45) is 0 Å². The zero-order chi connectivity index (χ0) is 14.1. The Morgan fingerprint density at radius 2 is 1.47 bits per heavy atom. The molecule has 0 aliphatic rings. The van der Waals surface area contributed by atoms with Crippen LogP contribution < -0.4 is 9.47 Å². The first kappa shape index (κ1) is 17.3. The molecule has 1 aromatic rings. The zero-order valence-electron chi connectivity index (χ0n) is 11.1. The first-order valence-corrected chi connectivity index (χ1v) is 9.20. The number of halogens is 3. The Hall–Kier alpha value is 0.260. The molecule has 0 fully saturated rings. The molecule has 5 heteroatoms. The van der Waals surface area contributed by atoms with Crippen molar-refractivity contribution in [1.82, 2.24) is 0 Å². The normalized spacial score (nSPS) is 10.5. The first-order valence-electron chi connectivity index (χ1n) is 6.49. The molecule has 0 amide bonds. The van der Waals surface area contributed by atoms with Crippen LogP contribution in [0, 0.1) is 0 Å². The molecular weight excluding hydrogens is 440 g/mol. The van der Waals surface area contributed by atoms with E-state index >= 15 is 0 Å². The van der Waals surface area contributed by atoms with Gasteiger partial charge in [0.1, 0.15) is 11.5 Å². The van der Waals surface area contributed by atoms with Crippen LogP contribution in [0.4, 0.5) is 0 Å². The third-order valence-corrected chi connectivity index (χ3v) is 4.14. The standard InChI is InChI=1S/C14H19Br3O2/c1-2-3-4-5-7-18-13-9-12(17)14(10-11(13)16)19-8-6-15/h9-10H,2-8H2,1H3. The first-order chi connectivity index (χ1) is 9.19. The molecule has 1 rings (SSSR count). The molecule has 0 aliphatic carbocycles. The summed E-state index contributed by atoms with van der Waals surface area (Å²) < 4.78 is 13.2. The minimum Gasteiger partial charge on any atom is -0.492 e. The molecule has 0 aliphatic heterocycles. The molecule has 108 valence electrons. The molecule has 0 saturated carbocycles. The highest BCUT2D eigenvalue weighted by atomic mass is 79.9. The van der Waals surface area contributed by atoms with Crippen molar-refractivity contribution < 1.29 is 9.47 Å². The van der Waals surface area contributed by atoms with E-state index in [0.717, 1.165) is 38.8 Å². The van der Waals surface area contributed by atoms with Gasteiger partial charge in [0.2, 0.25) is 0 Å². The minimum atomic E-state index is 0.641. The van der Waals surface area contributed by atoms with E-state index < -0.39 is 0 Å². The van der Waals surface area contributed by atoms with Crippen LogP contribution in [0.2, 0.25) is 0 Å². The van der Waals surface area contributed by atoms with E-state index in [1.807, 2.05) is 12.1 Å². The summed E-state index contributed by atoms with van der Waals surface area (Å²) in [5, 5.41) is 0.812. The van der Waals surface area contributed by atoms with Crippen molar-refractivity contribution in [2.75, 3.05) is 18.5 Å². The van der Waals surface area contributed by atoms with Crippen LogP contribution in [-0.4, -0.2) is 18.5 Å². The Bertz CT molecular complexity index is 383. The predicted octanol–water partition coefficient (Wildman–Crippen LogP) is 5.94. The van der Waals surface area contributed by atoms with Crippen LogP contribution in [-0.2, 0) is 0 Å². The summed E-state index contributed by atoms with van der Waals surface area (Å²) in [6.45, 7) is 3.61. The summed E-state index contributed by atoms with van der Waals surface area (Å²) in [5.74, 6) is 1.68. The quantitative estimate of drug-likeness (QED) is 0.336. The number of unbranched alkanes of at least 4 members (excludes halogenated alkanes) is 3. The molecule has 0 aromatic heterocycles. The summed E-state index contributed by atoms with van der Waals surface area (Å²) in [4.78, 5) is 0. The summed E-state index contributed by atoms with van der Waals surface area (Å²) in [6, 6.07) is 3.89. The molecule has 19 heavy (non-hydrogen) atoms. The molecule has 0 atom stereocenters. The van der Waals surface area contributed by atoms with Gasteiger partial charge in [0.15, 0.2) is 0 Å². The Balaban J connectivity index is 2.52. The third kappa shape index (κ3) is 6.50. The predicted molar refractivity (Wildman–Crippen MR) is 90.8 cm³/mol. The van der Waals surface area contributed by atoms with E-state index in [0.29, 0.717) is 6.61 Å².